The molecule has 0 heterocycles. The van der Waals surface area contributed by atoms with E-state index < -0.39 is 5.96 Å². The van der Waals surface area contributed by atoms with Crippen molar-refractivity contribution in [3.05, 3.63) is 0 Å². The minimum atomic E-state index is -1.84. The maximum absolute atomic E-state index is 7.00. The third-order valence-electron chi connectivity index (χ3n) is 4.40. The van der Waals surface area contributed by atoms with Crippen LogP contribution in [0, 0.1) is 0 Å². The van der Waals surface area contributed by atoms with Crippen molar-refractivity contribution in [3.8, 4) is 0 Å². The molecule has 0 bridgehead atoms. The number of unbranched alkanes of at least 4 members (excludes halogenated alkanes) is 10. The van der Waals surface area contributed by atoms with Gasteiger partial charge in [0.2, 0.25) is 0 Å². The van der Waals surface area contributed by atoms with E-state index in [9.17, 15) is 0 Å². The molecule has 0 nitrogen and oxygen atoms in total. The summed E-state index contributed by atoms with van der Waals surface area (Å²) in [5, 5.41) is 0. The average molecular weight is 323 g/mol. The van der Waals surface area contributed by atoms with Gasteiger partial charge in [0, 0.05) is 0 Å². The van der Waals surface area contributed by atoms with Crippen LogP contribution in [-0.2, 0) is 0 Å². The van der Waals surface area contributed by atoms with Crippen LogP contribution >= 0.6 is 17.2 Å². The van der Waals surface area contributed by atoms with Crippen LogP contribution in [0.1, 0.15) is 90.9 Å². The van der Waals surface area contributed by atoms with Crippen LogP contribution in [0.2, 0.25) is 0 Å². The molecule has 0 aromatic carbocycles. The Kier molecular flexibility index (Phi) is 11.7. The molecule has 2 heteroatoms. The quantitative estimate of drug-likeness (QED) is 0.227. The van der Waals surface area contributed by atoms with Crippen molar-refractivity contribution < 1.29 is 0 Å². The Hall–Kier alpha value is 0.720. The summed E-state index contributed by atoms with van der Waals surface area (Å²) in [5.41, 5.74) is 0. The van der Waals surface area contributed by atoms with Gasteiger partial charge in [0.15, 0.2) is 0 Å². The SMILES string of the molecule is CCCCCCCCP(C)(C)(Cl)CCCCCCCC. The van der Waals surface area contributed by atoms with Gasteiger partial charge in [-0.1, -0.05) is 0 Å². The number of hydrogen-bond donors (Lipinski definition) is 0. The first-order chi connectivity index (χ1) is 9.39. The Morgan fingerprint density at radius 1 is 0.550 bits per heavy atom. The second-order valence-electron chi connectivity index (χ2n) is 7.50. The molecule has 0 aliphatic carbocycles. The summed E-state index contributed by atoms with van der Waals surface area (Å²) in [6, 6.07) is 0. The van der Waals surface area contributed by atoms with Crippen molar-refractivity contribution in [2.24, 2.45) is 0 Å². The predicted molar refractivity (Wildman–Crippen MR) is 101 cm³/mol. The molecule has 0 atom stereocenters. The van der Waals surface area contributed by atoms with Crippen LogP contribution in [0.25, 0.3) is 0 Å². The third kappa shape index (κ3) is 13.7. The van der Waals surface area contributed by atoms with E-state index in [1.54, 1.807) is 0 Å². The molecular formula is C18H40ClP. The van der Waals surface area contributed by atoms with E-state index in [1.807, 2.05) is 0 Å². The Bertz CT molecular complexity index is 197. The van der Waals surface area contributed by atoms with E-state index in [2.05, 4.69) is 27.2 Å². The summed E-state index contributed by atoms with van der Waals surface area (Å²) in [7, 11) is 0. The fraction of sp³-hybridized carbons (Fsp3) is 1.00. The molecular weight excluding hydrogens is 283 g/mol. The van der Waals surface area contributed by atoms with Gasteiger partial charge in [-0.15, -0.1) is 0 Å². The van der Waals surface area contributed by atoms with Crippen molar-refractivity contribution in [1.82, 2.24) is 0 Å². The molecule has 124 valence electrons. The molecule has 0 rings (SSSR count). The van der Waals surface area contributed by atoms with E-state index in [-0.39, 0.29) is 0 Å². The third-order valence-corrected chi connectivity index (χ3v) is 8.81. The van der Waals surface area contributed by atoms with Crippen molar-refractivity contribution >= 4 is 17.2 Å². The Labute approximate surface area is 134 Å². The molecule has 0 saturated carbocycles. The first-order valence-corrected chi connectivity index (χ1v) is 13.5. The molecule has 0 aromatic heterocycles. The van der Waals surface area contributed by atoms with Gasteiger partial charge in [0.25, 0.3) is 0 Å². The maximum atomic E-state index is 7.00. The van der Waals surface area contributed by atoms with Crippen molar-refractivity contribution in [1.29, 1.82) is 0 Å². The summed E-state index contributed by atoms with van der Waals surface area (Å²) in [4.78, 5) is 0. The molecule has 0 spiro atoms. The van der Waals surface area contributed by atoms with Crippen LogP contribution in [0.4, 0.5) is 0 Å². The number of halogens is 1. The molecule has 0 amide bonds. The number of hydrogen-bond acceptors (Lipinski definition) is 0. The monoisotopic (exact) mass is 322 g/mol. The molecule has 0 aliphatic rings. The van der Waals surface area contributed by atoms with E-state index in [4.69, 9.17) is 11.2 Å². The summed E-state index contributed by atoms with van der Waals surface area (Å²) in [6.45, 7) is 9.35. The zero-order valence-corrected chi connectivity index (χ0v) is 16.4. The molecule has 0 fully saturated rings. The molecule has 0 aromatic rings. The van der Waals surface area contributed by atoms with Gasteiger partial charge in [0.1, 0.15) is 0 Å². The fourth-order valence-corrected chi connectivity index (χ4v) is 6.21. The van der Waals surface area contributed by atoms with Crippen LogP contribution in [0.3, 0.4) is 0 Å². The minimum absolute atomic E-state index is 1.30. The van der Waals surface area contributed by atoms with E-state index in [0.29, 0.717) is 0 Å². The van der Waals surface area contributed by atoms with E-state index >= 15 is 0 Å². The van der Waals surface area contributed by atoms with Gasteiger partial charge >= 0.3 is 134 Å². The normalized spacial score (nSPS) is 14.2. The van der Waals surface area contributed by atoms with Crippen molar-refractivity contribution in [2.75, 3.05) is 25.7 Å². The topological polar surface area (TPSA) is 0 Å². The second-order valence-corrected chi connectivity index (χ2v) is 16.9. The molecule has 0 unspecified atom stereocenters. The van der Waals surface area contributed by atoms with Gasteiger partial charge in [-0.2, -0.15) is 0 Å². The van der Waals surface area contributed by atoms with Crippen LogP contribution in [0.5, 0.6) is 0 Å². The Balaban J connectivity index is 3.64. The predicted octanol–water partition coefficient (Wildman–Crippen LogP) is 7.67. The van der Waals surface area contributed by atoms with Crippen LogP contribution in [0.15, 0.2) is 0 Å². The Morgan fingerprint density at radius 3 is 1.20 bits per heavy atom. The van der Waals surface area contributed by atoms with Gasteiger partial charge in [0.05, 0.1) is 0 Å². The van der Waals surface area contributed by atoms with Crippen LogP contribution < -0.4 is 0 Å². The summed E-state index contributed by atoms with van der Waals surface area (Å²) in [6.07, 6.45) is 19.2. The molecule has 20 heavy (non-hydrogen) atoms. The average Bonchev–Trinajstić information content (AvgIpc) is 2.37. The van der Waals surface area contributed by atoms with Crippen LogP contribution in [-0.4, -0.2) is 25.7 Å². The second kappa shape index (κ2) is 11.3. The fourth-order valence-electron chi connectivity index (χ4n) is 2.87. The summed E-state index contributed by atoms with van der Waals surface area (Å²) < 4.78 is 0. The van der Waals surface area contributed by atoms with Crippen molar-refractivity contribution in [3.63, 3.8) is 0 Å². The molecule has 0 N–H and O–H groups in total. The molecule has 0 radical (unpaired) electrons. The summed E-state index contributed by atoms with van der Waals surface area (Å²) in [5.74, 6) is -1.84. The first-order valence-electron chi connectivity index (χ1n) is 9.11. The van der Waals surface area contributed by atoms with E-state index in [0.717, 1.165) is 0 Å². The summed E-state index contributed by atoms with van der Waals surface area (Å²) >= 11 is 7.00. The zero-order valence-electron chi connectivity index (χ0n) is 14.7. The standard InChI is InChI=1S/C18H40ClP/c1-5-7-9-11-13-15-17-20(3,4,19)18-16-14-12-10-8-6-2/h5-18H2,1-4H3. The van der Waals surface area contributed by atoms with E-state index in [1.165, 1.54) is 89.4 Å². The Morgan fingerprint density at radius 2 is 0.850 bits per heavy atom. The molecule has 0 aliphatic heterocycles. The van der Waals surface area contributed by atoms with Gasteiger partial charge < -0.3 is 0 Å². The van der Waals surface area contributed by atoms with Crippen molar-refractivity contribution in [2.45, 2.75) is 90.9 Å². The zero-order chi connectivity index (χ0) is 15.3. The number of rotatable bonds is 14. The molecule has 0 saturated heterocycles. The van der Waals surface area contributed by atoms with Gasteiger partial charge in [-0.3, -0.25) is 0 Å². The first kappa shape index (κ1) is 20.7. The van der Waals surface area contributed by atoms with Gasteiger partial charge in [-0.05, 0) is 0 Å². The van der Waals surface area contributed by atoms with Gasteiger partial charge in [-0.25, -0.2) is 0 Å².